The van der Waals surface area contributed by atoms with Gasteiger partial charge in [-0.1, -0.05) is 13.0 Å². The molecule has 2 atom stereocenters. The zero-order chi connectivity index (χ0) is 23.3. The molecule has 1 fully saturated rings. The molecule has 8 nitrogen and oxygen atoms in total. The number of carbonyl (C=O) groups is 2. The average molecular weight is 511 g/mol. The highest BCUT2D eigenvalue weighted by Crippen LogP contribution is 2.42. The van der Waals surface area contributed by atoms with E-state index in [0.29, 0.717) is 16.9 Å². The molecular weight excluding hydrogens is 484 g/mol. The second kappa shape index (κ2) is 8.20. The Kier molecular flexibility index (Phi) is 5.47. The summed E-state index contributed by atoms with van der Waals surface area (Å²) in [5.74, 6) is 1.36. The molecule has 3 heterocycles. The van der Waals surface area contributed by atoms with Crippen LogP contribution < -0.4 is 10.2 Å². The minimum atomic E-state index is -0.319. The number of fused-ring (bicyclic) bond motifs is 2. The van der Waals surface area contributed by atoms with Crippen molar-refractivity contribution in [2.75, 3.05) is 19.0 Å². The Morgan fingerprint density at radius 1 is 1.33 bits per heavy atom. The van der Waals surface area contributed by atoms with Gasteiger partial charge in [0.2, 0.25) is 11.8 Å². The van der Waals surface area contributed by atoms with Crippen molar-refractivity contribution in [3.63, 3.8) is 0 Å². The molecule has 1 N–H and O–H groups in total. The number of aromatic nitrogens is 4. The summed E-state index contributed by atoms with van der Waals surface area (Å²) in [5, 5.41) is 8.29. The van der Waals surface area contributed by atoms with Crippen LogP contribution in [0.1, 0.15) is 44.0 Å². The first-order valence-corrected chi connectivity index (χ1v) is 12.1. The van der Waals surface area contributed by atoms with Crippen molar-refractivity contribution in [2.45, 2.75) is 45.4 Å². The molecule has 0 spiro atoms. The third kappa shape index (κ3) is 3.82. The van der Waals surface area contributed by atoms with Gasteiger partial charge >= 0.3 is 0 Å². The molecule has 9 heteroatoms. The summed E-state index contributed by atoms with van der Waals surface area (Å²) in [5.41, 5.74) is 3.33. The van der Waals surface area contributed by atoms with Crippen molar-refractivity contribution < 1.29 is 9.59 Å². The number of hydrogen-bond acceptors (Lipinski definition) is 5. The van der Waals surface area contributed by atoms with Gasteiger partial charge in [0.15, 0.2) is 5.65 Å². The first-order chi connectivity index (χ1) is 15.8. The summed E-state index contributed by atoms with van der Waals surface area (Å²) in [4.78, 5) is 35.6. The van der Waals surface area contributed by atoms with Crippen molar-refractivity contribution in [1.29, 1.82) is 0 Å². The lowest BCUT2D eigenvalue weighted by Gasteiger charge is -2.26. The van der Waals surface area contributed by atoms with Gasteiger partial charge in [0, 0.05) is 44.2 Å². The Morgan fingerprint density at radius 2 is 2.15 bits per heavy atom. The third-order valence-corrected chi connectivity index (χ3v) is 7.76. The number of halogens is 1. The topological polar surface area (TPSA) is 93.0 Å². The summed E-state index contributed by atoms with van der Waals surface area (Å²) in [6, 6.07) is 6.09. The average Bonchev–Trinajstić information content (AvgIpc) is 3.36. The summed E-state index contributed by atoms with van der Waals surface area (Å²) < 4.78 is 2.49. The van der Waals surface area contributed by atoms with Crippen molar-refractivity contribution in [3.8, 4) is 5.69 Å². The molecule has 33 heavy (non-hydrogen) atoms. The standard InChI is InChI=1S/C24H27BrN6O2/c1-24(23(33)26-2)9-8-14(12-24)10-19-27-13-17-21(25)29-31(22(17)28-19)16-6-4-15-5-7-20(32)30(3)18(15)11-16/h4,6,11,13-14H,5,7-10,12H2,1-3H3,(H,26,33)/t14-,24+/m0/s1. The van der Waals surface area contributed by atoms with Gasteiger partial charge in [0.05, 0.1) is 11.1 Å². The highest BCUT2D eigenvalue weighted by atomic mass is 79.9. The van der Waals surface area contributed by atoms with E-state index in [4.69, 9.17) is 4.98 Å². The molecule has 3 aromatic rings. The molecule has 0 unspecified atom stereocenters. The van der Waals surface area contributed by atoms with Crippen molar-refractivity contribution in [1.82, 2.24) is 25.1 Å². The predicted octanol–water partition coefficient (Wildman–Crippen LogP) is 3.58. The predicted molar refractivity (Wildman–Crippen MR) is 129 cm³/mol. The Morgan fingerprint density at radius 3 is 2.94 bits per heavy atom. The van der Waals surface area contributed by atoms with Gasteiger partial charge in [-0.05, 0) is 65.2 Å². The number of benzene rings is 1. The van der Waals surface area contributed by atoms with E-state index in [9.17, 15) is 9.59 Å². The zero-order valence-corrected chi connectivity index (χ0v) is 20.6. The first-order valence-electron chi connectivity index (χ1n) is 11.3. The molecule has 2 aromatic heterocycles. The van der Waals surface area contributed by atoms with Crippen LogP contribution in [-0.4, -0.2) is 45.7 Å². The molecule has 0 bridgehead atoms. The number of hydrogen-bond donors (Lipinski definition) is 1. The number of carbonyl (C=O) groups excluding carboxylic acids is 2. The van der Waals surface area contributed by atoms with Crippen molar-refractivity contribution >= 4 is 44.5 Å². The fourth-order valence-corrected chi connectivity index (χ4v) is 5.68. The van der Waals surface area contributed by atoms with Crippen molar-refractivity contribution in [3.05, 3.63) is 40.4 Å². The fraction of sp³-hybridized carbons (Fsp3) is 0.458. The van der Waals surface area contributed by atoms with E-state index >= 15 is 0 Å². The quantitative estimate of drug-likeness (QED) is 0.578. The molecule has 1 aromatic carbocycles. The second-order valence-electron chi connectivity index (χ2n) is 9.44. The number of nitrogens with zero attached hydrogens (tertiary/aromatic N) is 5. The lowest BCUT2D eigenvalue weighted by atomic mass is 9.86. The number of aryl methyl sites for hydroxylation is 1. The molecule has 1 saturated carbocycles. The van der Waals surface area contributed by atoms with Gasteiger partial charge < -0.3 is 10.2 Å². The molecule has 172 valence electrons. The van der Waals surface area contributed by atoms with Crippen molar-refractivity contribution in [2.24, 2.45) is 11.3 Å². The first kappa shape index (κ1) is 22.0. The molecule has 0 saturated heterocycles. The van der Waals surface area contributed by atoms with Gasteiger partial charge in [-0.25, -0.2) is 14.6 Å². The Balaban J connectivity index is 1.47. The van der Waals surface area contributed by atoms with E-state index in [1.165, 1.54) is 0 Å². The Labute approximate surface area is 200 Å². The van der Waals surface area contributed by atoms with Crippen LogP contribution in [0.2, 0.25) is 0 Å². The van der Waals surface area contributed by atoms with Gasteiger partial charge in [-0.2, -0.15) is 5.10 Å². The lowest BCUT2D eigenvalue weighted by Crippen LogP contribution is -2.35. The summed E-state index contributed by atoms with van der Waals surface area (Å²) in [6.45, 7) is 2.04. The van der Waals surface area contributed by atoms with Crippen LogP contribution >= 0.6 is 15.9 Å². The third-order valence-electron chi connectivity index (χ3n) is 7.18. The smallest absolute Gasteiger partial charge is 0.227 e. The Hall–Kier alpha value is -2.81. The van der Waals surface area contributed by atoms with Crippen LogP contribution in [0.5, 0.6) is 0 Å². The molecule has 1 aliphatic heterocycles. The van der Waals surface area contributed by atoms with E-state index in [1.54, 1.807) is 16.6 Å². The maximum atomic E-state index is 12.3. The van der Waals surface area contributed by atoms with Gasteiger partial charge in [0.25, 0.3) is 0 Å². The minimum absolute atomic E-state index is 0.110. The summed E-state index contributed by atoms with van der Waals surface area (Å²) >= 11 is 3.54. The van der Waals surface area contributed by atoms with Crippen LogP contribution in [-0.2, 0) is 22.4 Å². The van der Waals surface area contributed by atoms with Gasteiger partial charge in [0.1, 0.15) is 10.4 Å². The van der Waals surface area contributed by atoms with Gasteiger partial charge in [-0.3, -0.25) is 9.59 Å². The van der Waals surface area contributed by atoms with Crippen LogP contribution in [0.25, 0.3) is 16.7 Å². The molecular formula is C24H27BrN6O2. The molecule has 2 aliphatic rings. The number of amides is 2. The SMILES string of the molecule is CNC(=O)[C@]1(C)CC[C@@H](Cc2ncc3c(Br)nn(-c4ccc5c(c4)N(C)C(=O)CC5)c3n2)C1. The lowest BCUT2D eigenvalue weighted by molar-refractivity contribution is -0.129. The van der Waals surface area contributed by atoms with E-state index in [-0.39, 0.29) is 17.2 Å². The number of rotatable bonds is 4. The molecule has 5 rings (SSSR count). The molecule has 1 aliphatic carbocycles. The summed E-state index contributed by atoms with van der Waals surface area (Å²) in [7, 11) is 3.51. The molecule has 2 amide bonds. The monoisotopic (exact) mass is 510 g/mol. The largest absolute Gasteiger partial charge is 0.359 e. The summed E-state index contributed by atoms with van der Waals surface area (Å²) in [6.07, 6.45) is 6.53. The van der Waals surface area contributed by atoms with Crippen LogP contribution in [0.15, 0.2) is 29.0 Å². The number of nitrogens with one attached hydrogen (secondary N) is 1. The minimum Gasteiger partial charge on any atom is -0.359 e. The van der Waals surface area contributed by atoms with Crippen LogP contribution in [0.4, 0.5) is 5.69 Å². The molecule has 0 radical (unpaired) electrons. The highest BCUT2D eigenvalue weighted by Gasteiger charge is 2.40. The normalized spacial score (nSPS) is 22.6. The Bertz CT molecular complexity index is 1270. The van der Waals surface area contributed by atoms with E-state index in [0.717, 1.165) is 65.9 Å². The van der Waals surface area contributed by atoms with E-state index in [1.807, 2.05) is 32.3 Å². The van der Waals surface area contributed by atoms with Crippen LogP contribution in [0.3, 0.4) is 0 Å². The van der Waals surface area contributed by atoms with E-state index < -0.39 is 0 Å². The number of anilines is 1. The van der Waals surface area contributed by atoms with Crippen LogP contribution in [0, 0.1) is 11.3 Å². The maximum absolute atomic E-state index is 12.3. The maximum Gasteiger partial charge on any atom is 0.227 e. The fourth-order valence-electron chi connectivity index (χ4n) is 5.24. The van der Waals surface area contributed by atoms with E-state index in [2.05, 4.69) is 37.4 Å². The second-order valence-corrected chi connectivity index (χ2v) is 10.2. The highest BCUT2D eigenvalue weighted by molar-refractivity contribution is 9.10. The zero-order valence-electron chi connectivity index (χ0n) is 19.1. The van der Waals surface area contributed by atoms with Gasteiger partial charge in [-0.15, -0.1) is 0 Å².